The number of rotatable bonds is 4. The fourth-order valence-corrected chi connectivity index (χ4v) is 3.20. The second kappa shape index (κ2) is 7.19. The van der Waals surface area contributed by atoms with Crippen LogP contribution < -0.4 is 10.2 Å². The van der Waals surface area contributed by atoms with Crippen molar-refractivity contribution >= 4 is 28.9 Å². The van der Waals surface area contributed by atoms with Crippen molar-refractivity contribution < 1.29 is 14.5 Å². The van der Waals surface area contributed by atoms with Crippen LogP contribution in [-0.4, -0.2) is 23.3 Å². The molecular formula is C20H21N3O4. The predicted molar refractivity (Wildman–Crippen MR) is 103 cm³/mol. The number of aryl methyl sites for hydroxylation is 3. The largest absolute Gasteiger partial charge is 0.326 e. The molecule has 1 atom stereocenters. The van der Waals surface area contributed by atoms with Gasteiger partial charge in [0.25, 0.3) is 5.69 Å². The highest BCUT2D eigenvalue weighted by atomic mass is 16.6. The van der Waals surface area contributed by atoms with Crippen molar-refractivity contribution in [2.45, 2.75) is 27.2 Å². The molecule has 0 radical (unpaired) electrons. The lowest BCUT2D eigenvalue weighted by Gasteiger charge is -2.17. The van der Waals surface area contributed by atoms with E-state index in [1.54, 1.807) is 19.1 Å². The standard InChI is InChI=1S/C20H21N3O4/c1-12-4-5-13(2)17(8-12)21-20(25)15-9-19(24)22(11-15)16-7-6-14(3)18(10-16)23(26)27/h4-8,10,15H,9,11H2,1-3H3,(H,21,25)/t15-/m1/s1. The molecule has 2 amide bonds. The first-order valence-corrected chi connectivity index (χ1v) is 8.70. The van der Waals surface area contributed by atoms with Gasteiger partial charge < -0.3 is 10.2 Å². The molecule has 7 heteroatoms. The Balaban J connectivity index is 1.77. The van der Waals surface area contributed by atoms with E-state index in [1.165, 1.54) is 11.0 Å². The Morgan fingerprint density at radius 1 is 1.15 bits per heavy atom. The van der Waals surface area contributed by atoms with Gasteiger partial charge in [-0.25, -0.2) is 0 Å². The maximum atomic E-state index is 12.6. The Morgan fingerprint density at radius 3 is 2.56 bits per heavy atom. The lowest BCUT2D eigenvalue weighted by molar-refractivity contribution is -0.385. The second-order valence-corrected chi connectivity index (χ2v) is 6.94. The summed E-state index contributed by atoms with van der Waals surface area (Å²) in [7, 11) is 0. The Morgan fingerprint density at radius 2 is 1.85 bits per heavy atom. The molecule has 1 aliphatic heterocycles. The van der Waals surface area contributed by atoms with Crippen LogP contribution in [-0.2, 0) is 9.59 Å². The second-order valence-electron chi connectivity index (χ2n) is 6.94. The van der Waals surface area contributed by atoms with Crippen molar-refractivity contribution in [1.82, 2.24) is 0 Å². The molecule has 0 bridgehead atoms. The summed E-state index contributed by atoms with van der Waals surface area (Å²) < 4.78 is 0. The highest BCUT2D eigenvalue weighted by molar-refractivity contribution is 6.03. The van der Waals surface area contributed by atoms with Crippen LogP contribution in [0.1, 0.15) is 23.1 Å². The zero-order chi connectivity index (χ0) is 19.7. The molecule has 2 aromatic rings. The van der Waals surface area contributed by atoms with Gasteiger partial charge in [0.2, 0.25) is 11.8 Å². The number of nitrogens with zero attached hydrogens (tertiary/aromatic N) is 2. The summed E-state index contributed by atoms with van der Waals surface area (Å²) in [5.41, 5.74) is 3.65. The molecule has 1 fully saturated rings. The number of carbonyl (C=O) groups is 2. The minimum absolute atomic E-state index is 0.0383. The van der Waals surface area contributed by atoms with E-state index in [2.05, 4.69) is 5.32 Å². The highest BCUT2D eigenvalue weighted by Crippen LogP contribution is 2.30. The molecule has 7 nitrogen and oxygen atoms in total. The molecule has 1 heterocycles. The Hall–Kier alpha value is -3.22. The molecule has 0 spiro atoms. The van der Waals surface area contributed by atoms with E-state index in [4.69, 9.17) is 0 Å². The molecule has 1 N–H and O–H groups in total. The predicted octanol–water partition coefficient (Wildman–Crippen LogP) is 3.51. The average molecular weight is 367 g/mol. The molecule has 0 unspecified atom stereocenters. The Labute approximate surface area is 157 Å². The van der Waals surface area contributed by atoms with Crippen LogP contribution >= 0.6 is 0 Å². The third-order valence-electron chi connectivity index (χ3n) is 4.85. The number of nitro benzene ring substituents is 1. The zero-order valence-electron chi connectivity index (χ0n) is 15.5. The topological polar surface area (TPSA) is 92.6 Å². The first-order chi connectivity index (χ1) is 12.8. The first-order valence-electron chi connectivity index (χ1n) is 8.70. The molecule has 3 rings (SSSR count). The molecule has 1 aliphatic rings. The summed E-state index contributed by atoms with van der Waals surface area (Å²) >= 11 is 0. The third-order valence-corrected chi connectivity index (χ3v) is 4.85. The molecule has 0 aromatic heterocycles. The third kappa shape index (κ3) is 3.81. The average Bonchev–Trinajstić information content (AvgIpc) is 3.00. The van der Waals surface area contributed by atoms with Crippen LogP contribution in [0.4, 0.5) is 17.1 Å². The Bertz CT molecular complexity index is 939. The van der Waals surface area contributed by atoms with Crippen molar-refractivity contribution in [3.63, 3.8) is 0 Å². The van der Waals surface area contributed by atoms with Gasteiger partial charge in [0.05, 0.1) is 16.5 Å². The monoisotopic (exact) mass is 367 g/mol. The number of hydrogen-bond acceptors (Lipinski definition) is 4. The van der Waals surface area contributed by atoms with E-state index in [0.717, 1.165) is 16.8 Å². The van der Waals surface area contributed by atoms with Crippen molar-refractivity contribution in [1.29, 1.82) is 0 Å². The summed E-state index contributed by atoms with van der Waals surface area (Å²) in [5.74, 6) is -0.937. The molecule has 140 valence electrons. The van der Waals surface area contributed by atoms with Crippen LogP contribution in [0.25, 0.3) is 0 Å². The lowest BCUT2D eigenvalue weighted by Crippen LogP contribution is -2.28. The van der Waals surface area contributed by atoms with Crippen LogP contribution in [0, 0.1) is 36.8 Å². The van der Waals surface area contributed by atoms with Crippen molar-refractivity contribution in [2.24, 2.45) is 5.92 Å². The number of hydrogen-bond donors (Lipinski definition) is 1. The van der Waals surface area contributed by atoms with Gasteiger partial charge in [0.1, 0.15) is 0 Å². The van der Waals surface area contributed by atoms with Crippen molar-refractivity contribution in [3.05, 3.63) is 63.2 Å². The number of benzene rings is 2. The maximum Gasteiger partial charge on any atom is 0.274 e. The molecule has 1 saturated heterocycles. The van der Waals surface area contributed by atoms with E-state index in [0.29, 0.717) is 11.3 Å². The molecular weight excluding hydrogens is 346 g/mol. The summed E-state index contributed by atoms with van der Waals surface area (Å²) in [6, 6.07) is 10.5. The van der Waals surface area contributed by atoms with Crippen molar-refractivity contribution in [3.8, 4) is 0 Å². The minimum atomic E-state index is -0.502. The van der Waals surface area contributed by atoms with Gasteiger partial charge in [-0.05, 0) is 44.0 Å². The van der Waals surface area contributed by atoms with Gasteiger partial charge in [0, 0.05) is 30.3 Å². The van der Waals surface area contributed by atoms with Gasteiger partial charge >= 0.3 is 0 Å². The quantitative estimate of drug-likeness (QED) is 0.661. The summed E-state index contributed by atoms with van der Waals surface area (Å²) in [5, 5.41) is 14.0. The van der Waals surface area contributed by atoms with Gasteiger partial charge in [-0.1, -0.05) is 18.2 Å². The van der Waals surface area contributed by atoms with E-state index >= 15 is 0 Å². The number of amides is 2. The van der Waals surface area contributed by atoms with Gasteiger partial charge in [-0.15, -0.1) is 0 Å². The maximum absolute atomic E-state index is 12.6. The van der Waals surface area contributed by atoms with Crippen LogP contribution in [0.5, 0.6) is 0 Å². The molecule has 0 aliphatic carbocycles. The molecule has 27 heavy (non-hydrogen) atoms. The van der Waals surface area contributed by atoms with Crippen molar-refractivity contribution in [2.75, 3.05) is 16.8 Å². The fourth-order valence-electron chi connectivity index (χ4n) is 3.20. The van der Waals surface area contributed by atoms with Crippen LogP contribution in [0.15, 0.2) is 36.4 Å². The van der Waals surface area contributed by atoms with Gasteiger partial charge in [-0.3, -0.25) is 19.7 Å². The number of carbonyl (C=O) groups excluding carboxylic acids is 2. The zero-order valence-corrected chi connectivity index (χ0v) is 15.5. The van der Waals surface area contributed by atoms with E-state index in [9.17, 15) is 19.7 Å². The molecule has 2 aromatic carbocycles. The van der Waals surface area contributed by atoms with Crippen LogP contribution in [0.3, 0.4) is 0 Å². The summed E-state index contributed by atoms with van der Waals surface area (Å²) in [4.78, 5) is 37.2. The number of nitrogens with one attached hydrogen (secondary N) is 1. The number of anilines is 2. The van der Waals surface area contributed by atoms with E-state index < -0.39 is 10.8 Å². The van der Waals surface area contributed by atoms with Gasteiger partial charge in [0.15, 0.2) is 0 Å². The normalized spacial score (nSPS) is 16.5. The minimum Gasteiger partial charge on any atom is -0.326 e. The smallest absolute Gasteiger partial charge is 0.274 e. The Kier molecular flexibility index (Phi) is 4.94. The van der Waals surface area contributed by atoms with E-state index in [1.807, 2.05) is 32.0 Å². The highest BCUT2D eigenvalue weighted by Gasteiger charge is 2.35. The number of nitro groups is 1. The summed E-state index contributed by atoms with van der Waals surface area (Å²) in [6.07, 6.45) is 0.0817. The van der Waals surface area contributed by atoms with Crippen LogP contribution in [0.2, 0.25) is 0 Å². The summed E-state index contributed by atoms with van der Waals surface area (Å²) in [6.45, 7) is 5.71. The fraction of sp³-hybridized carbons (Fsp3) is 0.300. The molecule has 0 saturated carbocycles. The SMILES string of the molecule is Cc1ccc(C)c(NC(=O)[C@@H]2CC(=O)N(c3ccc(C)c([N+](=O)[O-])c3)C2)c1. The first kappa shape index (κ1) is 18.6. The van der Waals surface area contributed by atoms with Gasteiger partial charge in [-0.2, -0.15) is 0 Å². The van der Waals surface area contributed by atoms with E-state index in [-0.39, 0.29) is 30.5 Å². The lowest BCUT2D eigenvalue weighted by atomic mass is 10.1.